The van der Waals surface area contributed by atoms with E-state index in [9.17, 15) is 0 Å². The first-order valence-electron chi connectivity index (χ1n) is 17.9. The predicted octanol–water partition coefficient (Wildman–Crippen LogP) is 12.5. The van der Waals surface area contributed by atoms with Crippen molar-refractivity contribution in [2.75, 3.05) is 0 Å². The van der Waals surface area contributed by atoms with Gasteiger partial charge in [0.1, 0.15) is 11.2 Å². The van der Waals surface area contributed by atoms with Crippen LogP contribution < -0.4 is 0 Å². The highest BCUT2D eigenvalue weighted by molar-refractivity contribution is 6.29. The number of aromatic nitrogens is 4. The lowest BCUT2D eigenvalue weighted by molar-refractivity contribution is 0.669. The number of fused-ring (bicyclic) bond motifs is 13. The SMILES string of the molecule is c1ccc(-n2c3ccccc3c3ccc4c5ccc6oc7ccccc7c6c5n(-c5nc(-c6ccc7ccccc7c6)c6ccccc6n5)c4c32)cc1. The molecule has 53 heavy (non-hydrogen) atoms. The van der Waals surface area contributed by atoms with E-state index in [-0.39, 0.29) is 0 Å². The van der Waals surface area contributed by atoms with Crippen molar-refractivity contribution < 1.29 is 4.42 Å². The van der Waals surface area contributed by atoms with E-state index < -0.39 is 0 Å². The quantitative estimate of drug-likeness (QED) is 0.187. The molecule has 12 aromatic rings. The normalized spacial score (nSPS) is 12.2. The fraction of sp³-hybridized carbons (Fsp3) is 0. The molecule has 0 aliphatic rings. The van der Waals surface area contributed by atoms with E-state index in [0.29, 0.717) is 5.95 Å². The summed E-state index contributed by atoms with van der Waals surface area (Å²) in [6.45, 7) is 0. The van der Waals surface area contributed by atoms with Gasteiger partial charge in [-0.1, -0.05) is 121 Å². The topological polar surface area (TPSA) is 48.8 Å². The zero-order chi connectivity index (χ0) is 34.6. The second-order valence-corrected chi connectivity index (χ2v) is 13.8. The van der Waals surface area contributed by atoms with E-state index in [4.69, 9.17) is 14.4 Å². The second kappa shape index (κ2) is 10.6. The van der Waals surface area contributed by atoms with Crippen LogP contribution in [-0.4, -0.2) is 19.1 Å². The Balaban J connectivity index is 1.32. The van der Waals surface area contributed by atoms with Gasteiger partial charge in [-0.2, -0.15) is 0 Å². The number of rotatable bonds is 3. The maximum Gasteiger partial charge on any atom is 0.235 e. The van der Waals surface area contributed by atoms with Crippen LogP contribution in [0.25, 0.3) is 110 Å². The van der Waals surface area contributed by atoms with E-state index >= 15 is 0 Å². The second-order valence-electron chi connectivity index (χ2n) is 13.8. The average molecular weight is 677 g/mol. The van der Waals surface area contributed by atoms with Gasteiger partial charge in [0.25, 0.3) is 0 Å². The van der Waals surface area contributed by atoms with Crippen LogP contribution in [0.1, 0.15) is 0 Å². The van der Waals surface area contributed by atoms with Crippen molar-refractivity contribution in [3.8, 4) is 22.9 Å². The van der Waals surface area contributed by atoms with Gasteiger partial charge in [0.15, 0.2) is 0 Å². The van der Waals surface area contributed by atoms with Crippen LogP contribution in [-0.2, 0) is 0 Å². The van der Waals surface area contributed by atoms with Crippen LogP contribution in [0, 0.1) is 0 Å². The molecule has 0 spiro atoms. The number of hydrogen-bond acceptors (Lipinski definition) is 3. The molecule has 0 amide bonds. The Morgan fingerprint density at radius 3 is 1.96 bits per heavy atom. The summed E-state index contributed by atoms with van der Waals surface area (Å²) in [5.74, 6) is 0.613. The Morgan fingerprint density at radius 1 is 0.415 bits per heavy atom. The Bertz CT molecular complexity index is 3460. The number of para-hydroxylation sites is 4. The van der Waals surface area contributed by atoms with Crippen molar-refractivity contribution in [3.05, 3.63) is 170 Å². The summed E-state index contributed by atoms with van der Waals surface area (Å²) >= 11 is 0. The third kappa shape index (κ3) is 3.96. The van der Waals surface area contributed by atoms with Crippen molar-refractivity contribution in [1.29, 1.82) is 0 Å². The molecule has 0 aliphatic heterocycles. The first kappa shape index (κ1) is 28.5. The van der Waals surface area contributed by atoms with Crippen LogP contribution in [0.15, 0.2) is 174 Å². The van der Waals surface area contributed by atoms with Gasteiger partial charge >= 0.3 is 0 Å². The van der Waals surface area contributed by atoms with Crippen LogP contribution in [0.5, 0.6) is 0 Å². The maximum atomic E-state index is 6.52. The highest BCUT2D eigenvalue weighted by atomic mass is 16.3. The summed E-state index contributed by atoms with van der Waals surface area (Å²) in [4.78, 5) is 11.0. The molecule has 0 atom stereocenters. The third-order valence-corrected chi connectivity index (χ3v) is 10.9. The van der Waals surface area contributed by atoms with Gasteiger partial charge in [0, 0.05) is 43.6 Å². The molecular weight excluding hydrogens is 649 g/mol. The van der Waals surface area contributed by atoms with E-state index in [1.165, 1.54) is 21.5 Å². The summed E-state index contributed by atoms with van der Waals surface area (Å²) < 4.78 is 11.2. The monoisotopic (exact) mass is 676 g/mol. The highest BCUT2D eigenvalue weighted by Gasteiger charge is 2.26. The summed E-state index contributed by atoms with van der Waals surface area (Å²) in [5, 5.41) is 10.1. The number of benzene rings is 8. The van der Waals surface area contributed by atoms with Gasteiger partial charge in [-0.25, -0.2) is 9.97 Å². The zero-order valence-corrected chi connectivity index (χ0v) is 28.4. The standard InChI is InChI=1S/C48H28N4O/c1-2-14-32(15-3-1)51-40-20-10-7-16-33(40)34-24-25-36-35-26-27-42-43(38-18-8-11-21-41(38)53-42)45(35)52(47(36)46(34)51)48-49-39-19-9-6-17-37(39)44(50-48)31-23-22-29-12-4-5-13-30(29)28-31/h1-28H. The van der Waals surface area contributed by atoms with Crippen LogP contribution in [0.2, 0.25) is 0 Å². The summed E-state index contributed by atoms with van der Waals surface area (Å²) in [5.41, 5.74) is 9.94. The van der Waals surface area contributed by atoms with Crippen molar-refractivity contribution >= 4 is 87.2 Å². The van der Waals surface area contributed by atoms with Gasteiger partial charge in [-0.15, -0.1) is 0 Å². The van der Waals surface area contributed by atoms with E-state index in [1.54, 1.807) is 0 Å². The molecule has 0 radical (unpaired) electrons. The fourth-order valence-electron chi connectivity index (χ4n) is 8.61. The van der Waals surface area contributed by atoms with Gasteiger partial charge in [0.05, 0.1) is 38.7 Å². The first-order valence-corrected chi connectivity index (χ1v) is 17.9. The molecule has 0 aliphatic carbocycles. The molecule has 5 nitrogen and oxygen atoms in total. The minimum atomic E-state index is 0.613. The number of nitrogens with zero attached hydrogens (tertiary/aromatic N) is 4. The molecule has 0 bridgehead atoms. The van der Waals surface area contributed by atoms with Gasteiger partial charge in [0.2, 0.25) is 5.95 Å². The molecule has 246 valence electrons. The van der Waals surface area contributed by atoms with Gasteiger partial charge in [-0.3, -0.25) is 4.57 Å². The van der Waals surface area contributed by atoms with Crippen LogP contribution in [0.3, 0.4) is 0 Å². The molecule has 4 aromatic heterocycles. The summed E-state index contributed by atoms with van der Waals surface area (Å²) in [6, 6.07) is 60.0. The molecule has 12 rings (SSSR count). The Hall–Kier alpha value is -7.24. The summed E-state index contributed by atoms with van der Waals surface area (Å²) in [6.07, 6.45) is 0. The molecule has 5 heteroatoms. The molecule has 0 saturated carbocycles. The van der Waals surface area contributed by atoms with Gasteiger partial charge in [-0.05, 0) is 59.3 Å². The van der Waals surface area contributed by atoms with Crippen molar-refractivity contribution in [1.82, 2.24) is 19.1 Å². The molecule has 0 fully saturated rings. The van der Waals surface area contributed by atoms with Crippen molar-refractivity contribution in [2.45, 2.75) is 0 Å². The molecule has 0 saturated heterocycles. The lowest BCUT2D eigenvalue weighted by Gasteiger charge is -2.14. The van der Waals surface area contributed by atoms with Crippen molar-refractivity contribution in [3.63, 3.8) is 0 Å². The Labute approximate surface area is 302 Å². The van der Waals surface area contributed by atoms with Gasteiger partial charge < -0.3 is 8.98 Å². The lowest BCUT2D eigenvalue weighted by atomic mass is 10.0. The molecule has 8 aromatic carbocycles. The number of furan rings is 1. The minimum Gasteiger partial charge on any atom is -0.456 e. The Kier molecular flexibility index (Phi) is 5.71. The molecule has 4 heterocycles. The Morgan fingerprint density at radius 2 is 1.08 bits per heavy atom. The average Bonchev–Trinajstić information content (AvgIpc) is 3.88. The fourth-order valence-corrected chi connectivity index (χ4v) is 8.61. The van der Waals surface area contributed by atoms with Crippen LogP contribution >= 0.6 is 0 Å². The predicted molar refractivity (Wildman–Crippen MR) is 218 cm³/mol. The van der Waals surface area contributed by atoms with Crippen LogP contribution in [0.4, 0.5) is 0 Å². The highest BCUT2D eigenvalue weighted by Crippen LogP contribution is 2.45. The van der Waals surface area contributed by atoms with E-state index in [1.807, 2.05) is 12.1 Å². The van der Waals surface area contributed by atoms with Crippen molar-refractivity contribution in [2.24, 2.45) is 0 Å². The molecule has 0 N–H and O–H groups in total. The van der Waals surface area contributed by atoms with E-state index in [0.717, 1.165) is 82.6 Å². The van der Waals surface area contributed by atoms with E-state index in [2.05, 4.69) is 167 Å². The zero-order valence-electron chi connectivity index (χ0n) is 28.4. The maximum absolute atomic E-state index is 6.52. The first-order chi connectivity index (χ1) is 26.3. The smallest absolute Gasteiger partial charge is 0.235 e. The molecule has 0 unspecified atom stereocenters. The summed E-state index contributed by atoms with van der Waals surface area (Å²) in [7, 11) is 0. The number of hydrogen-bond donors (Lipinski definition) is 0. The largest absolute Gasteiger partial charge is 0.456 e. The minimum absolute atomic E-state index is 0.613. The molecular formula is C48H28N4O. The third-order valence-electron chi connectivity index (χ3n) is 10.9. The lowest BCUT2D eigenvalue weighted by Crippen LogP contribution is -2.05.